The number of anilines is 1. The minimum absolute atomic E-state index is 0.168. The number of halogens is 1. The summed E-state index contributed by atoms with van der Waals surface area (Å²) in [6.07, 6.45) is 6.94. The summed E-state index contributed by atoms with van der Waals surface area (Å²) in [5, 5.41) is 0. The minimum Gasteiger partial charge on any atom is -0.355 e. The number of aromatic nitrogens is 2. The molecule has 2 N–H and O–H groups in total. The van der Waals surface area contributed by atoms with E-state index >= 15 is 0 Å². The van der Waals surface area contributed by atoms with Crippen LogP contribution in [0.2, 0.25) is 0 Å². The fourth-order valence-corrected chi connectivity index (χ4v) is 4.16. The van der Waals surface area contributed by atoms with Gasteiger partial charge in [-0.15, -0.1) is 0 Å². The van der Waals surface area contributed by atoms with Gasteiger partial charge in [-0.25, -0.2) is 9.97 Å². The number of benzene rings is 1. The van der Waals surface area contributed by atoms with E-state index in [9.17, 15) is 0 Å². The highest BCUT2D eigenvalue weighted by molar-refractivity contribution is 9.10. The van der Waals surface area contributed by atoms with E-state index in [-0.39, 0.29) is 11.5 Å². The van der Waals surface area contributed by atoms with Gasteiger partial charge in [0.15, 0.2) is 0 Å². The number of rotatable bonds is 1. The van der Waals surface area contributed by atoms with Gasteiger partial charge in [0.1, 0.15) is 10.4 Å². The molecule has 2 aromatic rings. The van der Waals surface area contributed by atoms with Crippen LogP contribution in [-0.4, -0.2) is 23.1 Å². The van der Waals surface area contributed by atoms with E-state index in [1.165, 1.54) is 11.1 Å². The van der Waals surface area contributed by atoms with Crippen molar-refractivity contribution in [3.8, 4) is 0 Å². The van der Waals surface area contributed by atoms with Gasteiger partial charge in [0.2, 0.25) is 0 Å². The van der Waals surface area contributed by atoms with Gasteiger partial charge >= 0.3 is 0 Å². The second-order valence-corrected chi connectivity index (χ2v) is 7.21. The van der Waals surface area contributed by atoms with Gasteiger partial charge in [-0.3, -0.25) is 0 Å². The van der Waals surface area contributed by atoms with E-state index in [1.54, 1.807) is 6.20 Å². The molecule has 1 fully saturated rings. The number of hydrogen-bond donors (Lipinski definition) is 1. The van der Waals surface area contributed by atoms with Gasteiger partial charge in [0.05, 0.1) is 12.4 Å². The summed E-state index contributed by atoms with van der Waals surface area (Å²) < 4.78 is 0.776. The topological polar surface area (TPSA) is 55.0 Å². The van der Waals surface area contributed by atoms with Gasteiger partial charge in [-0.2, -0.15) is 0 Å². The van der Waals surface area contributed by atoms with Gasteiger partial charge < -0.3 is 10.6 Å². The average molecular weight is 359 g/mol. The summed E-state index contributed by atoms with van der Waals surface area (Å²) in [4.78, 5) is 11.1. The lowest BCUT2D eigenvalue weighted by molar-refractivity contribution is 0.187. The number of fused-ring (bicyclic) bond motifs is 1. The maximum atomic E-state index is 6.61. The lowest BCUT2D eigenvalue weighted by Gasteiger charge is -2.42. The van der Waals surface area contributed by atoms with E-state index in [4.69, 9.17) is 5.73 Å². The Morgan fingerprint density at radius 1 is 1.14 bits per heavy atom. The van der Waals surface area contributed by atoms with E-state index in [0.717, 1.165) is 42.8 Å². The van der Waals surface area contributed by atoms with Crippen LogP contribution in [0, 0.1) is 5.41 Å². The zero-order chi connectivity index (χ0) is 15.2. The molecule has 4 nitrogen and oxygen atoms in total. The SMILES string of the molecule is N[C@@H]1c2ccccc2CC12CCN(c1cnc(Br)cn1)CC2. The first-order valence-electron chi connectivity index (χ1n) is 7.74. The third-order valence-electron chi connectivity index (χ3n) is 5.28. The molecular weight excluding hydrogens is 340 g/mol. The predicted octanol–water partition coefficient (Wildman–Crippen LogP) is 3.08. The van der Waals surface area contributed by atoms with Crippen LogP contribution < -0.4 is 10.6 Å². The fraction of sp³-hybridized carbons (Fsp3) is 0.412. The standard InChI is InChI=1S/C17H19BrN4/c18-14-10-21-15(11-20-14)22-7-5-17(6-8-22)9-12-3-1-2-4-13(12)16(17)19/h1-4,10-11,16H,5-9,19H2/t16-/m1/s1. The Hall–Kier alpha value is -1.46. The lowest BCUT2D eigenvalue weighted by Crippen LogP contribution is -2.44. The molecule has 2 heterocycles. The molecule has 0 radical (unpaired) electrons. The van der Waals surface area contributed by atoms with Crippen molar-refractivity contribution in [3.63, 3.8) is 0 Å². The Morgan fingerprint density at radius 3 is 2.59 bits per heavy atom. The van der Waals surface area contributed by atoms with Crippen LogP contribution in [0.3, 0.4) is 0 Å². The monoisotopic (exact) mass is 358 g/mol. The summed E-state index contributed by atoms with van der Waals surface area (Å²) in [5.41, 5.74) is 9.62. The molecule has 2 aliphatic rings. The van der Waals surface area contributed by atoms with Gasteiger partial charge in [0.25, 0.3) is 0 Å². The van der Waals surface area contributed by atoms with Crippen LogP contribution in [0.15, 0.2) is 41.3 Å². The molecule has 1 aromatic carbocycles. The maximum Gasteiger partial charge on any atom is 0.147 e. The first-order chi connectivity index (χ1) is 10.7. The highest BCUT2D eigenvalue weighted by atomic mass is 79.9. The van der Waals surface area contributed by atoms with Gasteiger partial charge in [-0.05, 0) is 51.7 Å². The van der Waals surface area contributed by atoms with Crippen LogP contribution in [0.5, 0.6) is 0 Å². The molecule has 1 spiro atoms. The van der Waals surface area contributed by atoms with Crippen molar-refractivity contribution in [2.75, 3.05) is 18.0 Å². The van der Waals surface area contributed by atoms with Crippen molar-refractivity contribution < 1.29 is 0 Å². The van der Waals surface area contributed by atoms with Gasteiger partial charge in [0, 0.05) is 19.1 Å². The molecule has 114 valence electrons. The predicted molar refractivity (Wildman–Crippen MR) is 90.7 cm³/mol. The van der Waals surface area contributed by atoms with E-state index in [0.29, 0.717) is 0 Å². The summed E-state index contributed by atoms with van der Waals surface area (Å²) in [5.74, 6) is 0.960. The number of nitrogens with two attached hydrogens (primary N) is 1. The average Bonchev–Trinajstić information content (AvgIpc) is 2.82. The van der Waals surface area contributed by atoms with E-state index in [2.05, 4.69) is 55.1 Å². The zero-order valence-electron chi connectivity index (χ0n) is 12.4. The molecule has 1 saturated heterocycles. The molecular formula is C17H19BrN4. The third kappa shape index (κ3) is 2.23. The quantitative estimate of drug-likeness (QED) is 0.850. The molecule has 22 heavy (non-hydrogen) atoms. The maximum absolute atomic E-state index is 6.61. The first-order valence-corrected chi connectivity index (χ1v) is 8.53. The largest absolute Gasteiger partial charge is 0.355 e. The van der Waals surface area contributed by atoms with Crippen LogP contribution in [0.4, 0.5) is 5.82 Å². The van der Waals surface area contributed by atoms with Crippen LogP contribution in [0.1, 0.15) is 30.0 Å². The number of hydrogen-bond acceptors (Lipinski definition) is 4. The zero-order valence-corrected chi connectivity index (χ0v) is 14.0. The molecule has 5 heteroatoms. The van der Waals surface area contributed by atoms with Crippen molar-refractivity contribution in [2.24, 2.45) is 11.1 Å². The molecule has 1 aliphatic heterocycles. The number of piperidine rings is 1. The van der Waals surface area contributed by atoms with Gasteiger partial charge in [-0.1, -0.05) is 24.3 Å². The first kappa shape index (κ1) is 14.2. The molecule has 1 aromatic heterocycles. The molecule has 0 saturated carbocycles. The molecule has 4 rings (SSSR count). The molecule has 1 aliphatic carbocycles. The second-order valence-electron chi connectivity index (χ2n) is 6.40. The molecule has 1 atom stereocenters. The molecule has 0 bridgehead atoms. The van der Waals surface area contributed by atoms with Crippen molar-refractivity contribution in [3.05, 3.63) is 52.4 Å². The van der Waals surface area contributed by atoms with Crippen LogP contribution in [-0.2, 0) is 6.42 Å². The minimum atomic E-state index is 0.168. The Morgan fingerprint density at radius 2 is 1.91 bits per heavy atom. The molecule has 0 unspecified atom stereocenters. The Kier molecular flexibility index (Phi) is 3.42. The third-order valence-corrected chi connectivity index (χ3v) is 5.69. The number of nitrogens with zero attached hydrogens (tertiary/aromatic N) is 3. The summed E-state index contributed by atoms with van der Waals surface area (Å²) in [6, 6.07) is 8.82. The summed E-state index contributed by atoms with van der Waals surface area (Å²) >= 11 is 3.33. The van der Waals surface area contributed by atoms with Crippen LogP contribution >= 0.6 is 15.9 Å². The lowest BCUT2D eigenvalue weighted by atomic mass is 9.73. The highest BCUT2D eigenvalue weighted by Gasteiger charge is 2.45. The smallest absolute Gasteiger partial charge is 0.147 e. The van der Waals surface area contributed by atoms with E-state index < -0.39 is 0 Å². The van der Waals surface area contributed by atoms with E-state index in [1.807, 2.05) is 6.20 Å². The Labute approximate surface area is 138 Å². The fourth-order valence-electron chi connectivity index (χ4n) is 3.96. The molecule has 0 amide bonds. The van der Waals surface area contributed by atoms with Crippen molar-refractivity contribution in [1.29, 1.82) is 0 Å². The summed E-state index contributed by atoms with van der Waals surface area (Å²) in [6.45, 7) is 2.00. The van der Waals surface area contributed by atoms with Crippen molar-refractivity contribution in [1.82, 2.24) is 9.97 Å². The summed E-state index contributed by atoms with van der Waals surface area (Å²) in [7, 11) is 0. The highest BCUT2D eigenvalue weighted by Crippen LogP contribution is 2.50. The second kappa shape index (κ2) is 5.32. The Balaban J connectivity index is 1.52. The van der Waals surface area contributed by atoms with Crippen molar-refractivity contribution in [2.45, 2.75) is 25.3 Å². The normalized spacial score (nSPS) is 22.8. The van der Waals surface area contributed by atoms with Crippen LogP contribution in [0.25, 0.3) is 0 Å². The van der Waals surface area contributed by atoms with Crippen molar-refractivity contribution >= 4 is 21.7 Å². The Bertz CT molecular complexity index is 677.